The first-order valence-corrected chi connectivity index (χ1v) is 8.68. The molecule has 2 aliphatic rings. The third-order valence-electron chi connectivity index (χ3n) is 4.88. The van der Waals surface area contributed by atoms with Crippen LogP contribution in [0.2, 0.25) is 0 Å². The van der Waals surface area contributed by atoms with Gasteiger partial charge in [-0.15, -0.1) is 0 Å². The number of nitrogens with one attached hydrogen (secondary N) is 2. The Morgan fingerprint density at radius 2 is 2.23 bits per heavy atom. The Morgan fingerprint density at radius 1 is 1.46 bits per heavy atom. The first-order chi connectivity index (χ1) is 12.3. The SMILES string of the molecule is Cc1nc(N)ccc1CNC(=O)[C@H]1CC(F)(F)CN1C(=O)[C@@H]1CCCN1. The second-order valence-corrected chi connectivity index (χ2v) is 6.89. The van der Waals surface area contributed by atoms with Crippen LogP contribution in [0.25, 0.3) is 0 Å². The van der Waals surface area contributed by atoms with Crippen LogP contribution in [0.3, 0.4) is 0 Å². The Balaban J connectivity index is 1.68. The summed E-state index contributed by atoms with van der Waals surface area (Å²) in [6.07, 6.45) is 0.767. The average Bonchev–Trinajstić information content (AvgIpc) is 3.20. The molecule has 2 atom stereocenters. The second kappa shape index (κ2) is 7.14. The van der Waals surface area contributed by atoms with E-state index in [0.29, 0.717) is 24.5 Å². The molecule has 0 aromatic carbocycles. The first kappa shape index (κ1) is 18.5. The van der Waals surface area contributed by atoms with E-state index in [-0.39, 0.29) is 6.54 Å². The fraction of sp³-hybridized carbons (Fsp3) is 0.588. The Bertz CT molecular complexity index is 706. The molecule has 0 bridgehead atoms. The number of hydrogen-bond acceptors (Lipinski definition) is 5. The van der Waals surface area contributed by atoms with Crippen molar-refractivity contribution in [3.05, 3.63) is 23.4 Å². The number of amides is 2. The highest BCUT2D eigenvalue weighted by Gasteiger charge is 2.51. The third kappa shape index (κ3) is 3.92. The second-order valence-electron chi connectivity index (χ2n) is 6.89. The largest absolute Gasteiger partial charge is 0.384 e. The van der Waals surface area contributed by atoms with Crippen molar-refractivity contribution in [2.24, 2.45) is 0 Å². The minimum atomic E-state index is -3.06. The van der Waals surface area contributed by atoms with Gasteiger partial charge in [0.1, 0.15) is 11.9 Å². The van der Waals surface area contributed by atoms with E-state index < -0.39 is 42.8 Å². The maximum atomic E-state index is 13.9. The number of nitrogens with zero attached hydrogens (tertiary/aromatic N) is 2. The molecule has 0 saturated carbocycles. The van der Waals surface area contributed by atoms with Crippen LogP contribution in [-0.4, -0.2) is 52.8 Å². The normalized spacial score (nSPS) is 24.7. The third-order valence-corrected chi connectivity index (χ3v) is 4.88. The van der Waals surface area contributed by atoms with Crippen molar-refractivity contribution in [2.75, 3.05) is 18.8 Å². The van der Waals surface area contributed by atoms with Gasteiger partial charge in [0.15, 0.2) is 0 Å². The van der Waals surface area contributed by atoms with E-state index in [1.807, 2.05) is 0 Å². The van der Waals surface area contributed by atoms with E-state index in [9.17, 15) is 18.4 Å². The lowest BCUT2D eigenvalue weighted by atomic mass is 10.1. The number of aromatic nitrogens is 1. The average molecular weight is 367 g/mol. The van der Waals surface area contributed by atoms with Crippen LogP contribution >= 0.6 is 0 Å². The van der Waals surface area contributed by atoms with Crippen LogP contribution in [0.5, 0.6) is 0 Å². The molecule has 0 unspecified atom stereocenters. The number of nitrogens with two attached hydrogens (primary N) is 1. The number of nitrogen functional groups attached to an aromatic ring is 1. The van der Waals surface area contributed by atoms with Gasteiger partial charge in [0.2, 0.25) is 11.8 Å². The molecular formula is C17H23F2N5O2. The zero-order chi connectivity index (χ0) is 18.9. The quantitative estimate of drug-likeness (QED) is 0.723. The number of halogens is 2. The molecule has 142 valence electrons. The molecule has 2 aliphatic heterocycles. The molecule has 1 aromatic heterocycles. The molecule has 9 heteroatoms. The first-order valence-electron chi connectivity index (χ1n) is 8.68. The Labute approximate surface area is 150 Å². The lowest BCUT2D eigenvalue weighted by Crippen LogP contribution is -2.51. The van der Waals surface area contributed by atoms with Crippen LogP contribution in [-0.2, 0) is 16.1 Å². The van der Waals surface area contributed by atoms with Crippen LogP contribution in [0, 0.1) is 6.92 Å². The predicted molar refractivity (Wildman–Crippen MR) is 91.3 cm³/mol. The zero-order valence-corrected chi connectivity index (χ0v) is 14.6. The molecule has 0 spiro atoms. The fourth-order valence-electron chi connectivity index (χ4n) is 3.47. The molecule has 0 aliphatic carbocycles. The minimum absolute atomic E-state index is 0.143. The van der Waals surface area contributed by atoms with Gasteiger partial charge in [0, 0.05) is 18.7 Å². The zero-order valence-electron chi connectivity index (χ0n) is 14.6. The summed E-state index contributed by atoms with van der Waals surface area (Å²) in [6.45, 7) is 1.86. The molecule has 0 radical (unpaired) electrons. The van der Waals surface area contributed by atoms with Crippen molar-refractivity contribution in [1.29, 1.82) is 0 Å². The Hall–Kier alpha value is -2.29. The Morgan fingerprint density at radius 3 is 2.88 bits per heavy atom. The van der Waals surface area contributed by atoms with Gasteiger partial charge in [-0.25, -0.2) is 13.8 Å². The van der Waals surface area contributed by atoms with Gasteiger partial charge in [-0.3, -0.25) is 9.59 Å². The number of hydrogen-bond donors (Lipinski definition) is 3. The molecule has 3 heterocycles. The molecule has 2 fully saturated rings. The summed E-state index contributed by atoms with van der Waals surface area (Å²) in [5.41, 5.74) is 6.99. The summed E-state index contributed by atoms with van der Waals surface area (Å²) < 4.78 is 27.8. The van der Waals surface area contributed by atoms with Gasteiger partial charge in [-0.05, 0) is 37.9 Å². The molecular weight excluding hydrogens is 344 g/mol. The summed E-state index contributed by atoms with van der Waals surface area (Å²) in [7, 11) is 0. The lowest BCUT2D eigenvalue weighted by molar-refractivity contribution is -0.140. The predicted octanol–water partition coefficient (Wildman–Crippen LogP) is 0.577. The summed E-state index contributed by atoms with van der Waals surface area (Å²) in [5, 5.41) is 5.65. The molecule has 4 N–H and O–H groups in total. The monoisotopic (exact) mass is 367 g/mol. The van der Waals surface area contributed by atoms with Gasteiger partial charge in [0.05, 0.1) is 12.6 Å². The summed E-state index contributed by atoms with van der Waals surface area (Å²) >= 11 is 0. The topological polar surface area (TPSA) is 100 Å². The molecule has 2 amide bonds. The highest BCUT2D eigenvalue weighted by Crippen LogP contribution is 2.33. The molecule has 26 heavy (non-hydrogen) atoms. The Kier molecular flexibility index (Phi) is 5.08. The molecule has 7 nitrogen and oxygen atoms in total. The summed E-state index contributed by atoms with van der Waals surface area (Å²) in [6, 6.07) is 1.69. The van der Waals surface area contributed by atoms with E-state index in [4.69, 9.17) is 5.73 Å². The van der Waals surface area contributed by atoms with E-state index >= 15 is 0 Å². The number of rotatable bonds is 4. The minimum Gasteiger partial charge on any atom is -0.384 e. The smallest absolute Gasteiger partial charge is 0.267 e. The summed E-state index contributed by atoms with van der Waals surface area (Å²) in [4.78, 5) is 30.2. The van der Waals surface area contributed by atoms with Crippen molar-refractivity contribution in [2.45, 2.75) is 50.7 Å². The van der Waals surface area contributed by atoms with Gasteiger partial charge >= 0.3 is 0 Å². The van der Waals surface area contributed by atoms with Crippen molar-refractivity contribution < 1.29 is 18.4 Å². The van der Waals surface area contributed by atoms with Gasteiger partial charge in [-0.2, -0.15) is 0 Å². The number of carbonyl (C=O) groups is 2. The molecule has 3 rings (SSSR count). The highest BCUT2D eigenvalue weighted by molar-refractivity contribution is 5.90. The van der Waals surface area contributed by atoms with Gasteiger partial charge in [-0.1, -0.05) is 6.07 Å². The van der Waals surface area contributed by atoms with Crippen molar-refractivity contribution in [3.8, 4) is 0 Å². The van der Waals surface area contributed by atoms with E-state index in [1.165, 1.54) is 0 Å². The van der Waals surface area contributed by atoms with Gasteiger partial charge in [0.25, 0.3) is 5.92 Å². The number of alkyl halides is 2. The van der Waals surface area contributed by atoms with E-state index in [0.717, 1.165) is 16.9 Å². The van der Waals surface area contributed by atoms with Crippen LogP contribution in [0.15, 0.2) is 12.1 Å². The fourth-order valence-corrected chi connectivity index (χ4v) is 3.47. The van der Waals surface area contributed by atoms with E-state index in [2.05, 4.69) is 15.6 Å². The highest BCUT2D eigenvalue weighted by atomic mass is 19.3. The van der Waals surface area contributed by atoms with Crippen molar-refractivity contribution in [3.63, 3.8) is 0 Å². The number of anilines is 1. The number of aryl methyl sites for hydroxylation is 1. The number of likely N-dealkylation sites (tertiary alicyclic amines) is 1. The number of pyridine rings is 1. The van der Waals surface area contributed by atoms with Crippen LogP contribution < -0.4 is 16.4 Å². The van der Waals surface area contributed by atoms with Gasteiger partial charge < -0.3 is 21.3 Å². The number of carbonyl (C=O) groups excluding carboxylic acids is 2. The van der Waals surface area contributed by atoms with Crippen LogP contribution in [0.4, 0.5) is 14.6 Å². The lowest BCUT2D eigenvalue weighted by Gasteiger charge is -2.26. The maximum Gasteiger partial charge on any atom is 0.267 e. The van der Waals surface area contributed by atoms with E-state index in [1.54, 1.807) is 19.1 Å². The maximum absolute atomic E-state index is 13.9. The molecule has 1 aromatic rings. The summed E-state index contributed by atoms with van der Waals surface area (Å²) in [5.74, 6) is -3.70. The van der Waals surface area contributed by atoms with Crippen molar-refractivity contribution in [1.82, 2.24) is 20.5 Å². The van der Waals surface area contributed by atoms with Crippen molar-refractivity contribution >= 4 is 17.6 Å². The molecule has 2 saturated heterocycles. The standard InChI is InChI=1S/C17H23F2N5O2/c1-10-11(4-5-14(20)23-10)8-22-15(25)13-7-17(18,19)9-24(13)16(26)12-3-2-6-21-12/h4-5,12-13,21H,2-3,6-9H2,1H3,(H2,20,23)(H,22,25)/t12-,13+/m0/s1. The van der Waals surface area contributed by atoms with Crippen LogP contribution in [0.1, 0.15) is 30.5 Å².